The van der Waals surface area contributed by atoms with E-state index in [-0.39, 0.29) is 9.49 Å². The van der Waals surface area contributed by atoms with Gasteiger partial charge in [-0.25, -0.2) is 0 Å². The van der Waals surface area contributed by atoms with Crippen LogP contribution in [0, 0.1) is 17.3 Å². The average Bonchev–Trinajstić information content (AvgIpc) is 2.80. The van der Waals surface area contributed by atoms with Crippen LogP contribution in [-0.2, 0) is 4.79 Å². The molecule has 3 heteroatoms. The highest BCUT2D eigenvalue weighted by molar-refractivity contribution is 8.21. The molecule has 1 saturated carbocycles. The molecule has 0 unspecified atom stereocenters. The van der Waals surface area contributed by atoms with Gasteiger partial charge in [0.25, 0.3) is 0 Å². The van der Waals surface area contributed by atoms with Gasteiger partial charge < -0.3 is 0 Å². The minimum atomic E-state index is -0.207. The number of thioether (sulfide) groups is 2. The molecule has 0 aromatic rings. The number of ketones is 1. The Hall–Kier alpha value is -0.150. The highest BCUT2D eigenvalue weighted by Crippen LogP contribution is 2.58. The Kier molecular flexibility index (Phi) is 3.41. The summed E-state index contributed by atoms with van der Waals surface area (Å²) in [4.78, 5) is 12.6. The lowest BCUT2D eigenvalue weighted by molar-refractivity contribution is -0.132. The van der Waals surface area contributed by atoms with E-state index < -0.39 is 0 Å². The number of fused-ring (bicyclic) bond motifs is 1. The molecule has 1 nitrogen and oxygen atoms in total. The maximum Gasteiger partial charge on any atom is 0.143 e. The normalized spacial score (nSPS) is 40.4. The van der Waals surface area contributed by atoms with E-state index in [9.17, 15) is 4.79 Å². The largest absolute Gasteiger partial charge is 0.299 e. The number of Topliss-reactive ketones (excluding diaryl/α,β-unsaturated/α-hetero) is 1. The number of hydrogen-bond acceptors (Lipinski definition) is 3. The summed E-state index contributed by atoms with van der Waals surface area (Å²) >= 11 is 4.15. The summed E-state index contributed by atoms with van der Waals surface area (Å²) in [6, 6.07) is 0. The summed E-state index contributed by atoms with van der Waals surface area (Å²) in [7, 11) is 0. The topological polar surface area (TPSA) is 17.1 Å². The molecule has 1 heterocycles. The first-order chi connectivity index (χ1) is 8.95. The van der Waals surface area contributed by atoms with Crippen LogP contribution < -0.4 is 0 Å². The molecule has 3 aliphatic rings. The highest BCUT2D eigenvalue weighted by atomic mass is 32.2. The molecule has 0 amide bonds. The van der Waals surface area contributed by atoms with E-state index in [1.54, 1.807) is 0 Å². The van der Waals surface area contributed by atoms with Crippen LogP contribution in [0.25, 0.3) is 0 Å². The van der Waals surface area contributed by atoms with Gasteiger partial charge in [-0.05, 0) is 38.5 Å². The van der Waals surface area contributed by atoms with Crippen LogP contribution in [0.1, 0.15) is 33.1 Å². The molecule has 1 saturated heterocycles. The van der Waals surface area contributed by atoms with Crippen molar-refractivity contribution in [2.45, 2.75) is 37.2 Å². The lowest BCUT2D eigenvalue weighted by atomic mass is 9.59. The summed E-state index contributed by atoms with van der Waals surface area (Å²) < 4.78 is 0.265. The van der Waals surface area contributed by atoms with Crippen molar-refractivity contribution in [2.24, 2.45) is 17.3 Å². The molecule has 0 N–H and O–H groups in total. The van der Waals surface area contributed by atoms with Gasteiger partial charge in [-0.3, -0.25) is 4.79 Å². The minimum absolute atomic E-state index is 0.207. The lowest BCUT2D eigenvalue weighted by Gasteiger charge is -2.47. The third-order valence-electron chi connectivity index (χ3n) is 5.14. The van der Waals surface area contributed by atoms with Gasteiger partial charge in [0.15, 0.2) is 0 Å². The second kappa shape index (κ2) is 4.70. The number of carbonyl (C=O) groups excluding carboxylic acids is 1. The van der Waals surface area contributed by atoms with Crippen molar-refractivity contribution in [3.8, 4) is 0 Å². The fourth-order valence-electron chi connectivity index (χ4n) is 3.64. The van der Waals surface area contributed by atoms with E-state index in [0.717, 1.165) is 12.8 Å². The predicted molar refractivity (Wildman–Crippen MR) is 85.5 cm³/mol. The van der Waals surface area contributed by atoms with Gasteiger partial charge in [0.2, 0.25) is 0 Å². The van der Waals surface area contributed by atoms with Gasteiger partial charge in [0.05, 0.1) is 4.08 Å². The van der Waals surface area contributed by atoms with Crippen LogP contribution in [0.15, 0.2) is 24.3 Å². The van der Waals surface area contributed by atoms with Crippen LogP contribution in [0.2, 0.25) is 0 Å². The Labute approximate surface area is 124 Å². The molecule has 1 spiro atoms. The molecule has 1 aliphatic heterocycles. The SMILES string of the molecule is C=C(C)[C@@H]1CC(=O)[C@@]2(C)C=CC3(C[C@H]2C1)SCCS3. The zero-order valence-corrected chi connectivity index (χ0v) is 13.4. The minimum Gasteiger partial charge on any atom is -0.299 e. The fourth-order valence-corrected chi connectivity index (χ4v) is 6.80. The quantitative estimate of drug-likeness (QED) is 0.671. The van der Waals surface area contributed by atoms with E-state index in [1.165, 1.54) is 17.1 Å². The van der Waals surface area contributed by atoms with E-state index in [2.05, 4.69) is 56.1 Å². The first-order valence-corrected chi connectivity index (χ1v) is 9.09. The lowest BCUT2D eigenvalue weighted by Crippen LogP contribution is -2.46. The van der Waals surface area contributed by atoms with Crippen LogP contribution in [0.5, 0.6) is 0 Å². The summed E-state index contributed by atoms with van der Waals surface area (Å²) in [6.07, 6.45) is 7.57. The van der Waals surface area contributed by atoms with E-state index >= 15 is 0 Å². The molecule has 104 valence electrons. The molecular formula is C16H22OS2. The average molecular weight is 294 g/mol. The number of hydrogen-bond donors (Lipinski definition) is 0. The second-order valence-electron chi connectivity index (χ2n) is 6.43. The van der Waals surface area contributed by atoms with Gasteiger partial charge >= 0.3 is 0 Å². The first kappa shape index (κ1) is 13.8. The van der Waals surface area contributed by atoms with Crippen LogP contribution in [0.3, 0.4) is 0 Å². The molecule has 0 radical (unpaired) electrons. The summed E-state index contributed by atoms with van der Waals surface area (Å²) in [6.45, 7) is 8.31. The van der Waals surface area contributed by atoms with Gasteiger partial charge in [-0.2, -0.15) is 0 Å². The van der Waals surface area contributed by atoms with Crippen LogP contribution in [-0.4, -0.2) is 21.4 Å². The molecular weight excluding hydrogens is 272 g/mol. The number of rotatable bonds is 1. The highest BCUT2D eigenvalue weighted by Gasteiger charge is 2.51. The second-order valence-corrected chi connectivity index (χ2v) is 9.54. The molecule has 2 aliphatic carbocycles. The zero-order chi connectivity index (χ0) is 13.7. The van der Waals surface area contributed by atoms with E-state index in [1.807, 2.05) is 0 Å². The Morgan fingerprint density at radius 1 is 1.37 bits per heavy atom. The standard InChI is InChI=1S/C16H22OS2/c1-11(2)12-8-13-10-16(18-6-7-19-16)5-4-15(13,3)14(17)9-12/h4-5,12-13H,1,6-10H2,2-3H3/t12-,13+,15-/m0/s1. The van der Waals surface area contributed by atoms with E-state index in [4.69, 9.17) is 0 Å². The molecule has 0 aromatic heterocycles. The van der Waals surface area contributed by atoms with Crippen LogP contribution in [0.4, 0.5) is 0 Å². The monoisotopic (exact) mass is 294 g/mol. The summed E-state index contributed by atoms with van der Waals surface area (Å²) in [5, 5.41) is 0. The van der Waals surface area contributed by atoms with Gasteiger partial charge in [-0.15, -0.1) is 23.5 Å². The van der Waals surface area contributed by atoms with Crippen molar-refractivity contribution < 1.29 is 4.79 Å². The van der Waals surface area contributed by atoms with Gasteiger partial charge in [0, 0.05) is 23.3 Å². The Balaban J connectivity index is 1.90. The van der Waals surface area contributed by atoms with Crippen molar-refractivity contribution in [2.75, 3.05) is 11.5 Å². The smallest absolute Gasteiger partial charge is 0.143 e. The van der Waals surface area contributed by atoms with Crippen molar-refractivity contribution in [3.05, 3.63) is 24.3 Å². The van der Waals surface area contributed by atoms with Gasteiger partial charge in [-0.1, -0.05) is 24.3 Å². The molecule has 0 bridgehead atoms. The molecule has 3 atom stereocenters. The third-order valence-corrected chi connectivity index (χ3v) is 8.50. The zero-order valence-electron chi connectivity index (χ0n) is 11.8. The van der Waals surface area contributed by atoms with Crippen molar-refractivity contribution in [1.82, 2.24) is 0 Å². The summed E-state index contributed by atoms with van der Waals surface area (Å²) in [5.74, 6) is 3.83. The van der Waals surface area contributed by atoms with Crippen molar-refractivity contribution in [1.29, 1.82) is 0 Å². The molecule has 0 aromatic carbocycles. The first-order valence-electron chi connectivity index (χ1n) is 7.12. The van der Waals surface area contributed by atoms with Gasteiger partial charge in [0.1, 0.15) is 5.78 Å². The number of allylic oxidation sites excluding steroid dienone is 2. The molecule has 3 rings (SSSR count). The Morgan fingerprint density at radius 3 is 2.68 bits per heavy atom. The Morgan fingerprint density at radius 2 is 2.05 bits per heavy atom. The molecule has 2 fully saturated rings. The maximum atomic E-state index is 12.6. The Bertz CT molecular complexity index is 448. The predicted octanol–water partition coefficient (Wildman–Crippen LogP) is 4.30. The number of carbonyl (C=O) groups is 1. The van der Waals surface area contributed by atoms with Crippen molar-refractivity contribution >= 4 is 29.3 Å². The fraction of sp³-hybridized carbons (Fsp3) is 0.688. The molecule has 19 heavy (non-hydrogen) atoms. The van der Waals surface area contributed by atoms with E-state index in [0.29, 0.717) is 24.0 Å². The third kappa shape index (κ3) is 2.23. The maximum absolute atomic E-state index is 12.6. The van der Waals surface area contributed by atoms with Crippen molar-refractivity contribution in [3.63, 3.8) is 0 Å². The van der Waals surface area contributed by atoms with Crippen LogP contribution >= 0.6 is 23.5 Å². The summed E-state index contributed by atoms with van der Waals surface area (Å²) in [5.41, 5.74) is 0.978.